The van der Waals surface area contributed by atoms with Crippen LogP contribution in [0.4, 0.5) is 0 Å². The summed E-state index contributed by atoms with van der Waals surface area (Å²) in [5.74, 6) is -0.235. The minimum Gasteiger partial charge on any atom is -0.375 e. The Bertz CT molecular complexity index is 601. The van der Waals surface area contributed by atoms with Crippen molar-refractivity contribution in [2.24, 2.45) is 0 Å². The molecule has 1 amide bonds. The van der Waals surface area contributed by atoms with Crippen LogP contribution >= 0.6 is 0 Å². The molecule has 1 aliphatic heterocycles. The van der Waals surface area contributed by atoms with Crippen LogP contribution < -0.4 is 5.32 Å². The van der Waals surface area contributed by atoms with Crippen LogP contribution in [0.25, 0.3) is 0 Å². The van der Waals surface area contributed by atoms with Gasteiger partial charge in [-0.2, -0.15) is 0 Å². The van der Waals surface area contributed by atoms with Crippen LogP contribution in [0, 0.1) is 0 Å². The Kier molecular flexibility index (Phi) is 5.39. The van der Waals surface area contributed by atoms with Gasteiger partial charge in [0.15, 0.2) is 5.69 Å². The van der Waals surface area contributed by atoms with E-state index in [1.807, 2.05) is 6.07 Å². The maximum atomic E-state index is 11.9. The number of nitrogens with one attached hydrogen (secondary N) is 1. The number of hydrogen-bond donors (Lipinski definition) is 1. The first-order valence-electron chi connectivity index (χ1n) is 7.88. The van der Waals surface area contributed by atoms with Crippen LogP contribution in [0.15, 0.2) is 47.2 Å². The number of ether oxygens (including phenoxy) is 1. The van der Waals surface area contributed by atoms with Gasteiger partial charge in [0, 0.05) is 38.9 Å². The van der Waals surface area contributed by atoms with Crippen LogP contribution in [-0.2, 0) is 11.3 Å². The summed E-state index contributed by atoms with van der Waals surface area (Å²) >= 11 is 0. The quantitative estimate of drug-likeness (QED) is 0.909. The second kappa shape index (κ2) is 7.89. The lowest BCUT2D eigenvalue weighted by molar-refractivity contribution is 0.0509. The van der Waals surface area contributed by atoms with E-state index in [9.17, 15) is 4.79 Å². The van der Waals surface area contributed by atoms with Crippen LogP contribution in [0.2, 0.25) is 0 Å². The van der Waals surface area contributed by atoms with Gasteiger partial charge in [-0.25, -0.2) is 0 Å². The van der Waals surface area contributed by atoms with E-state index in [-0.39, 0.29) is 12.0 Å². The highest BCUT2D eigenvalue weighted by Gasteiger charge is 2.20. The zero-order valence-corrected chi connectivity index (χ0v) is 13.0. The van der Waals surface area contributed by atoms with Gasteiger partial charge < -0.3 is 14.6 Å². The molecular formula is C17H21N3O3. The molecule has 6 heteroatoms. The minimum atomic E-state index is -0.235. The Hall–Kier alpha value is -2.18. The maximum absolute atomic E-state index is 11.9. The standard InChI is InChI=1S/C17H21N3O3/c21-17(16-7-10-23-19-16)18-11-15-13-20(8-4-9-22-15)12-14-5-2-1-3-6-14/h1-3,5-7,10,15H,4,8-9,11-13H2,(H,18,21). The third-order valence-electron chi connectivity index (χ3n) is 3.84. The summed E-state index contributed by atoms with van der Waals surface area (Å²) in [5, 5.41) is 6.48. The number of amides is 1. The van der Waals surface area contributed by atoms with E-state index in [1.165, 1.54) is 11.8 Å². The molecule has 1 atom stereocenters. The molecule has 1 aromatic heterocycles. The monoisotopic (exact) mass is 315 g/mol. The van der Waals surface area contributed by atoms with E-state index in [4.69, 9.17) is 4.74 Å². The molecule has 3 rings (SSSR count). The molecule has 6 nitrogen and oxygen atoms in total. The summed E-state index contributed by atoms with van der Waals surface area (Å²) in [6.45, 7) is 3.89. The molecule has 2 heterocycles. The van der Waals surface area contributed by atoms with E-state index in [2.05, 4.69) is 44.2 Å². The third-order valence-corrected chi connectivity index (χ3v) is 3.84. The topological polar surface area (TPSA) is 67.6 Å². The largest absolute Gasteiger partial charge is 0.375 e. The Morgan fingerprint density at radius 3 is 2.96 bits per heavy atom. The number of carbonyl (C=O) groups excluding carboxylic acids is 1. The van der Waals surface area contributed by atoms with Crippen molar-refractivity contribution in [3.63, 3.8) is 0 Å². The van der Waals surface area contributed by atoms with Crippen LogP contribution in [-0.4, -0.2) is 48.3 Å². The van der Waals surface area contributed by atoms with Gasteiger partial charge in [-0.1, -0.05) is 35.5 Å². The van der Waals surface area contributed by atoms with Crippen LogP contribution in [0.3, 0.4) is 0 Å². The fraction of sp³-hybridized carbons (Fsp3) is 0.412. The summed E-state index contributed by atoms with van der Waals surface area (Å²) < 4.78 is 10.5. The summed E-state index contributed by atoms with van der Waals surface area (Å²) in [7, 11) is 0. The number of nitrogens with zero attached hydrogens (tertiary/aromatic N) is 2. The summed E-state index contributed by atoms with van der Waals surface area (Å²) in [5.41, 5.74) is 1.58. The molecular weight excluding hydrogens is 294 g/mol. The van der Waals surface area contributed by atoms with E-state index >= 15 is 0 Å². The Balaban J connectivity index is 1.52. The smallest absolute Gasteiger partial charge is 0.273 e. The zero-order valence-electron chi connectivity index (χ0n) is 13.0. The average molecular weight is 315 g/mol. The van der Waals surface area contributed by atoms with Gasteiger partial charge in [0.05, 0.1) is 6.10 Å². The Morgan fingerprint density at radius 2 is 2.17 bits per heavy atom. The van der Waals surface area contributed by atoms with E-state index < -0.39 is 0 Å². The molecule has 1 N–H and O–H groups in total. The van der Waals surface area contributed by atoms with Gasteiger partial charge in [-0.15, -0.1) is 0 Å². The number of carbonyl (C=O) groups is 1. The predicted octanol–water partition coefficient (Wildman–Crippen LogP) is 1.70. The number of aromatic nitrogens is 1. The predicted molar refractivity (Wildman–Crippen MR) is 84.9 cm³/mol. The van der Waals surface area contributed by atoms with E-state index in [1.54, 1.807) is 6.07 Å². The molecule has 0 saturated carbocycles. The fourth-order valence-electron chi connectivity index (χ4n) is 2.71. The second-order valence-electron chi connectivity index (χ2n) is 5.66. The molecule has 122 valence electrons. The highest BCUT2D eigenvalue weighted by molar-refractivity contribution is 5.91. The lowest BCUT2D eigenvalue weighted by Crippen LogP contribution is -2.40. The highest BCUT2D eigenvalue weighted by Crippen LogP contribution is 2.10. The summed E-state index contributed by atoms with van der Waals surface area (Å²) in [6, 6.07) is 11.9. The first kappa shape index (κ1) is 15.7. The number of rotatable bonds is 5. The summed E-state index contributed by atoms with van der Waals surface area (Å²) in [6.07, 6.45) is 2.37. The first-order chi connectivity index (χ1) is 11.3. The van der Waals surface area contributed by atoms with Gasteiger partial charge in [0.25, 0.3) is 5.91 Å². The van der Waals surface area contributed by atoms with Crippen molar-refractivity contribution in [2.45, 2.75) is 19.1 Å². The average Bonchev–Trinajstić information content (AvgIpc) is 3.02. The first-order valence-corrected chi connectivity index (χ1v) is 7.88. The Labute approximate surface area is 135 Å². The molecule has 1 fully saturated rings. The SMILES string of the molecule is O=C(NCC1CN(Cc2ccccc2)CCCO1)c1ccon1. The van der Waals surface area contributed by atoms with Crippen molar-refractivity contribution in [3.05, 3.63) is 53.9 Å². The molecule has 0 aliphatic carbocycles. The van der Waals surface area contributed by atoms with Gasteiger partial charge in [0.2, 0.25) is 0 Å². The van der Waals surface area contributed by atoms with E-state index in [0.717, 1.165) is 32.7 Å². The number of benzene rings is 1. The molecule has 23 heavy (non-hydrogen) atoms. The molecule has 1 aliphatic rings. The van der Waals surface area contributed by atoms with Crippen molar-refractivity contribution in [1.82, 2.24) is 15.4 Å². The lowest BCUT2D eigenvalue weighted by Gasteiger charge is -2.23. The lowest BCUT2D eigenvalue weighted by atomic mass is 10.2. The van der Waals surface area contributed by atoms with Crippen molar-refractivity contribution in [3.8, 4) is 0 Å². The Morgan fingerprint density at radius 1 is 1.30 bits per heavy atom. The molecule has 0 spiro atoms. The summed E-state index contributed by atoms with van der Waals surface area (Å²) in [4.78, 5) is 14.3. The molecule has 1 aromatic carbocycles. The maximum Gasteiger partial charge on any atom is 0.273 e. The highest BCUT2D eigenvalue weighted by atomic mass is 16.5. The third kappa shape index (κ3) is 4.64. The number of hydrogen-bond acceptors (Lipinski definition) is 5. The molecule has 1 unspecified atom stereocenters. The van der Waals surface area contributed by atoms with Gasteiger partial charge in [-0.05, 0) is 12.0 Å². The molecule has 2 aromatic rings. The van der Waals surface area contributed by atoms with Crippen molar-refractivity contribution in [2.75, 3.05) is 26.2 Å². The van der Waals surface area contributed by atoms with Crippen LogP contribution in [0.1, 0.15) is 22.5 Å². The van der Waals surface area contributed by atoms with Crippen molar-refractivity contribution < 1.29 is 14.1 Å². The van der Waals surface area contributed by atoms with Gasteiger partial charge in [0.1, 0.15) is 6.26 Å². The van der Waals surface area contributed by atoms with Gasteiger partial charge >= 0.3 is 0 Å². The second-order valence-corrected chi connectivity index (χ2v) is 5.66. The normalized spacial score (nSPS) is 19.2. The molecule has 1 saturated heterocycles. The minimum absolute atomic E-state index is 0.0166. The van der Waals surface area contributed by atoms with Crippen molar-refractivity contribution in [1.29, 1.82) is 0 Å². The molecule has 0 bridgehead atoms. The zero-order chi connectivity index (χ0) is 15.9. The van der Waals surface area contributed by atoms with E-state index in [0.29, 0.717) is 12.2 Å². The van der Waals surface area contributed by atoms with Crippen LogP contribution in [0.5, 0.6) is 0 Å². The fourth-order valence-corrected chi connectivity index (χ4v) is 2.71. The van der Waals surface area contributed by atoms with Crippen molar-refractivity contribution >= 4 is 5.91 Å². The van der Waals surface area contributed by atoms with Gasteiger partial charge in [-0.3, -0.25) is 9.69 Å². The molecule has 0 radical (unpaired) electrons.